The fourth-order valence-electron chi connectivity index (χ4n) is 3.61. The summed E-state index contributed by atoms with van der Waals surface area (Å²) in [6.45, 7) is 9.24. The van der Waals surface area contributed by atoms with E-state index in [4.69, 9.17) is 4.74 Å². The van der Waals surface area contributed by atoms with Gasteiger partial charge < -0.3 is 15.0 Å². The van der Waals surface area contributed by atoms with Gasteiger partial charge in [-0.15, -0.1) is 11.3 Å². The van der Waals surface area contributed by atoms with Crippen LogP contribution in [-0.4, -0.2) is 37.2 Å². The monoisotopic (exact) mass is 490 g/mol. The zero-order valence-electron chi connectivity index (χ0n) is 20.5. The molecule has 0 saturated carbocycles. The molecule has 0 saturated heterocycles. The Labute approximate surface area is 210 Å². The molecule has 0 atom stereocenters. The zero-order valence-corrected chi connectivity index (χ0v) is 21.3. The molecule has 35 heavy (non-hydrogen) atoms. The molecule has 1 N–H and O–H groups in total. The summed E-state index contributed by atoms with van der Waals surface area (Å²) in [5, 5.41) is 3.76. The van der Waals surface area contributed by atoms with Crippen LogP contribution in [0.15, 0.2) is 66.2 Å². The van der Waals surface area contributed by atoms with E-state index in [1.54, 1.807) is 13.0 Å². The molecule has 0 aliphatic heterocycles. The Morgan fingerprint density at radius 3 is 2.20 bits per heavy atom. The minimum absolute atomic E-state index is 0.0787. The van der Waals surface area contributed by atoms with Crippen LogP contribution in [0.2, 0.25) is 0 Å². The summed E-state index contributed by atoms with van der Waals surface area (Å²) < 4.78 is 5.18. The van der Waals surface area contributed by atoms with Crippen LogP contribution in [0, 0.1) is 0 Å². The van der Waals surface area contributed by atoms with Crippen molar-refractivity contribution in [3.63, 3.8) is 0 Å². The highest BCUT2D eigenvalue weighted by Crippen LogP contribution is 2.33. The number of nitrogens with zero attached hydrogens (tertiary/aromatic N) is 1. The summed E-state index contributed by atoms with van der Waals surface area (Å²) in [6, 6.07) is 18.6. The van der Waals surface area contributed by atoms with Crippen molar-refractivity contribution < 1.29 is 19.1 Å². The number of hydrogen-bond donors (Lipinski definition) is 1. The van der Waals surface area contributed by atoms with Gasteiger partial charge in [-0.3, -0.25) is 9.59 Å². The van der Waals surface area contributed by atoms with Gasteiger partial charge in [-0.25, -0.2) is 4.79 Å². The highest BCUT2D eigenvalue weighted by Gasteiger charge is 2.25. The maximum Gasteiger partial charge on any atom is 0.342 e. The number of thiophene rings is 1. The fraction of sp³-hybridized carbons (Fsp3) is 0.250. The largest absolute Gasteiger partial charge is 0.462 e. The van der Waals surface area contributed by atoms with Crippen LogP contribution in [0.5, 0.6) is 0 Å². The molecule has 0 fully saturated rings. The molecule has 2 aromatic carbocycles. The summed E-state index contributed by atoms with van der Waals surface area (Å²) in [7, 11) is 0. The number of ether oxygens (including phenoxy) is 1. The van der Waals surface area contributed by atoms with E-state index in [1.165, 1.54) is 13.0 Å². The molecular formula is C28H30N2O4S. The molecule has 1 heterocycles. The highest BCUT2D eigenvalue weighted by molar-refractivity contribution is 7.18. The van der Waals surface area contributed by atoms with Gasteiger partial charge in [-0.2, -0.15) is 0 Å². The topological polar surface area (TPSA) is 75.7 Å². The second kappa shape index (κ2) is 12.1. The molecule has 0 aliphatic rings. The van der Waals surface area contributed by atoms with Crippen molar-refractivity contribution in [2.45, 2.75) is 27.7 Å². The van der Waals surface area contributed by atoms with Gasteiger partial charge in [0.05, 0.1) is 17.0 Å². The number of hydrogen-bond acceptors (Lipinski definition) is 7. The minimum Gasteiger partial charge on any atom is -0.462 e. The molecule has 1 aromatic heterocycles. The highest BCUT2D eigenvalue weighted by atomic mass is 32.1. The third kappa shape index (κ3) is 6.45. The van der Waals surface area contributed by atoms with E-state index in [2.05, 4.69) is 24.1 Å². The second-order valence-corrected chi connectivity index (χ2v) is 8.82. The van der Waals surface area contributed by atoms with Gasteiger partial charge in [0.25, 0.3) is 0 Å². The molecule has 0 bridgehead atoms. The first kappa shape index (κ1) is 25.9. The third-order valence-corrected chi connectivity index (χ3v) is 6.49. The lowest BCUT2D eigenvalue weighted by molar-refractivity contribution is -0.137. The van der Waals surface area contributed by atoms with Crippen LogP contribution in [0.3, 0.4) is 0 Å². The number of esters is 1. The molecule has 182 valence electrons. The molecule has 6 nitrogen and oxygen atoms in total. The van der Waals surface area contributed by atoms with Crippen molar-refractivity contribution in [2.24, 2.45) is 0 Å². The number of carbonyl (C=O) groups is 3. The van der Waals surface area contributed by atoms with Gasteiger partial charge in [0.1, 0.15) is 10.6 Å². The van der Waals surface area contributed by atoms with Crippen LogP contribution >= 0.6 is 11.3 Å². The fourth-order valence-corrected chi connectivity index (χ4v) is 4.69. The van der Waals surface area contributed by atoms with Crippen LogP contribution in [0.25, 0.3) is 6.08 Å². The van der Waals surface area contributed by atoms with Crippen LogP contribution in [0.4, 0.5) is 16.4 Å². The number of nitrogens with one attached hydrogen (secondary N) is 1. The normalized spacial score (nSPS) is 11.1. The lowest BCUT2D eigenvalue weighted by Gasteiger charge is -2.20. The van der Waals surface area contributed by atoms with Crippen LogP contribution < -0.4 is 10.2 Å². The molecule has 3 aromatic rings. The summed E-state index contributed by atoms with van der Waals surface area (Å²) >= 11 is 1.14. The summed E-state index contributed by atoms with van der Waals surface area (Å²) in [4.78, 5) is 41.0. The number of Topliss-reactive ketones (excluding diaryl/α,β-unsaturated/α-hetero) is 2. The predicted molar refractivity (Wildman–Crippen MR) is 143 cm³/mol. The zero-order chi connectivity index (χ0) is 25.4. The molecular weight excluding hydrogens is 460 g/mol. The van der Waals surface area contributed by atoms with Crippen molar-refractivity contribution in [1.29, 1.82) is 0 Å². The van der Waals surface area contributed by atoms with Gasteiger partial charge >= 0.3 is 5.97 Å². The first-order valence-corrected chi connectivity index (χ1v) is 12.4. The molecule has 0 spiro atoms. The van der Waals surface area contributed by atoms with E-state index in [0.717, 1.165) is 35.8 Å². The summed E-state index contributed by atoms with van der Waals surface area (Å²) in [5.41, 5.74) is 2.89. The molecule has 0 aliphatic carbocycles. The Morgan fingerprint density at radius 2 is 1.63 bits per heavy atom. The van der Waals surface area contributed by atoms with E-state index in [0.29, 0.717) is 16.1 Å². The Bertz CT molecular complexity index is 1210. The average molecular weight is 491 g/mol. The van der Waals surface area contributed by atoms with Crippen LogP contribution in [0.1, 0.15) is 53.3 Å². The number of ketones is 2. The van der Waals surface area contributed by atoms with E-state index >= 15 is 0 Å². The Balaban J connectivity index is 1.97. The maximum absolute atomic E-state index is 13.5. The number of anilines is 3. The minimum atomic E-state index is -0.694. The first-order chi connectivity index (χ1) is 16.9. The van der Waals surface area contributed by atoms with Crippen molar-refractivity contribution >= 4 is 51.3 Å². The quantitative estimate of drug-likeness (QED) is 0.111. The average Bonchev–Trinajstić information content (AvgIpc) is 3.28. The van der Waals surface area contributed by atoms with Gasteiger partial charge in [-0.05, 0) is 69.7 Å². The van der Waals surface area contributed by atoms with E-state index in [9.17, 15) is 14.4 Å². The van der Waals surface area contributed by atoms with E-state index < -0.39 is 11.8 Å². The number of carbonyl (C=O) groups excluding carboxylic acids is 3. The van der Waals surface area contributed by atoms with Crippen molar-refractivity contribution in [1.82, 2.24) is 0 Å². The van der Waals surface area contributed by atoms with Gasteiger partial charge in [0.2, 0.25) is 5.78 Å². The molecule has 3 rings (SSSR count). The molecule has 0 radical (unpaired) electrons. The SMILES string of the molecule is CCOC(=O)/C(=C/c1ccc(N(CC)CC)cc1)C(=O)c1cc(C(C)=O)c(Nc2ccccc2)s1. The third-order valence-electron chi connectivity index (χ3n) is 5.44. The standard InChI is InChI=1S/C28H30N2O4S/c1-5-30(6-2)22-15-13-20(14-16-22)17-24(28(33)34-7-3)26(32)25-18-23(19(4)31)27(35-25)29-21-11-9-8-10-12-21/h8-18,29H,5-7H2,1-4H3/b24-17+. The number of benzene rings is 2. The smallest absolute Gasteiger partial charge is 0.342 e. The number of rotatable bonds is 11. The lowest BCUT2D eigenvalue weighted by Crippen LogP contribution is -2.21. The van der Waals surface area contributed by atoms with E-state index in [1.807, 2.05) is 54.6 Å². The Hall–Kier alpha value is -3.71. The van der Waals surface area contributed by atoms with Crippen molar-refractivity contribution in [3.05, 3.63) is 82.2 Å². The predicted octanol–water partition coefficient (Wildman–Crippen LogP) is 6.37. The summed E-state index contributed by atoms with van der Waals surface area (Å²) in [5.74, 6) is -1.35. The Kier molecular flexibility index (Phi) is 8.98. The molecule has 7 heteroatoms. The van der Waals surface area contributed by atoms with E-state index in [-0.39, 0.29) is 22.8 Å². The van der Waals surface area contributed by atoms with Gasteiger partial charge in [-0.1, -0.05) is 30.3 Å². The lowest BCUT2D eigenvalue weighted by atomic mass is 10.0. The molecule has 0 unspecified atom stereocenters. The van der Waals surface area contributed by atoms with Gasteiger partial charge in [0, 0.05) is 24.5 Å². The molecule has 0 amide bonds. The van der Waals surface area contributed by atoms with Crippen molar-refractivity contribution in [3.8, 4) is 0 Å². The Morgan fingerprint density at radius 1 is 0.971 bits per heavy atom. The van der Waals surface area contributed by atoms with Crippen LogP contribution in [-0.2, 0) is 9.53 Å². The second-order valence-electron chi connectivity index (χ2n) is 7.77. The van der Waals surface area contributed by atoms with Gasteiger partial charge in [0.15, 0.2) is 5.78 Å². The first-order valence-electron chi connectivity index (χ1n) is 11.6. The van der Waals surface area contributed by atoms with Crippen molar-refractivity contribution in [2.75, 3.05) is 29.9 Å². The number of para-hydroxylation sites is 1. The summed E-state index contributed by atoms with van der Waals surface area (Å²) in [6.07, 6.45) is 1.55. The maximum atomic E-state index is 13.5.